The van der Waals surface area contributed by atoms with Gasteiger partial charge in [0.2, 0.25) is 0 Å². The van der Waals surface area contributed by atoms with E-state index in [-0.39, 0.29) is 0 Å². The highest BCUT2D eigenvalue weighted by molar-refractivity contribution is 6.33. The van der Waals surface area contributed by atoms with Crippen LogP contribution in [0.5, 0.6) is 5.75 Å². The summed E-state index contributed by atoms with van der Waals surface area (Å²) in [4.78, 5) is 8.31. The molecular weight excluding hydrogens is 344 g/mol. The molecule has 0 unspecified atom stereocenters. The second-order valence-corrected chi connectivity index (χ2v) is 6.29. The Labute approximate surface area is 157 Å². The molecule has 0 aliphatic rings. The summed E-state index contributed by atoms with van der Waals surface area (Å²) in [5.41, 5.74) is 4.81. The number of halogens is 1. The van der Waals surface area contributed by atoms with Gasteiger partial charge in [0.25, 0.3) is 0 Å². The fraction of sp³-hybridized carbons (Fsp3) is 0.0455. The van der Waals surface area contributed by atoms with Gasteiger partial charge in [-0.25, -0.2) is 4.98 Å². The summed E-state index contributed by atoms with van der Waals surface area (Å²) in [6.45, 7) is 0. The fourth-order valence-corrected chi connectivity index (χ4v) is 3.15. The Kier molecular flexibility index (Phi) is 4.46. The Bertz CT molecular complexity index is 1020. The van der Waals surface area contributed by atoms with Gasteiger partial charge in [0, 0.05) is 16.7 Å². The van der Waals surface area contributed by atoms with Gasteiger partial charge in [-0.3, -0.25) is 0 Å². The van der Waals surface area contributed by atoms with E-state index in [0.29, 0.717) is 5.02 Å². The average molecular weight is 361 g/mol. The van der Waals surface area contributed by atoms with Crippen LogP contribution in [0.2, 0.25) is 5.02 Å². The highest BCUT2D eigenvalue weighted by Crippen LogP contribution is 2.35. The minimum atomic E-state index is 0.669. The van der Waals surface area contributed by atoms with Crippen molar-refractivity contribution in [3.05, 3.63) is 83.9 Å². The lowest BCUT2D eigenvalue weighted by Crippen LogP contribution is -1.85. The maximum Gasteiger partial charge on any atom is 0.140 e. The molecule has 26 heavy (non-hydrogen) atoms. The minimum Gasteiger partial charge on any atom is -0.497 e. The van der Waals surface area contributed by atoms with E-state index in [1.807, 2.05) is 66.7 Å². The SMILES string of the molecule is COc1ccc(-c2[nH]c(-c3ccccc3Cl)nc2-c2ccccc2)cc1. The van der Waals surface area contributed by atoms with E-state index in [1.165, 1.54) is 0 Å². The van der Waals surface area contributed by atoms with E-state index in [2.05, 4.69) is 17.1 Å². The van der Waals surface area contributed by atoms with Gasteiger partial charge in [0.15, 0.2) is 0 Å². The third kappa shape index (κ3) is 3.09. The molecule has 0 aliphatic heterocycles. The van der Waals surface area contributed by atoms with Crippen LogP contribution in [0, 0.1) is 0 Å². The van der Waals surface area contributed by atoms with Crippen LogP contribution >= 0.6 is 11.6 Å². The second-order valence-electron chi connectivity index (χ2n) is 5.88. The molecule has 0 fully saturated rings. The first kappa shape index (κ1) is 16.4. The lowest BCUT2D eigenvalue weighted by Gasteiger charge is -2.04. The molecule has 4 heteroatoms. The monoisotopic (exact) mass is 360 g/mol. The Morgan fingerprint density at radius 3 is 2.19 bits per heavy atom. The predicted octanol–water partition coefficient (Wildman–Crippen LogP) is 6.07. The molecule has 1 aromatic heterocycles. The van der Waals surface area contributed by atoms with Crippen molar-refractivity contribution in [2.75, 3.05) is 7.11 Å². The van der Waals surface area contributed by atoms with Crippen LogP contribution in [0.4, 0.5) is 0 Å². The van der Waals surface area contributed by atoms with Crippen molar-refractivity contribution in [3.63, 3.8) is 0 Å². The Hall–Kier alpha value is -3.04. The van der Waals surface area contributed by atoms with Crippen LogP contribution < -0.4 is 4.74 Å². The molecule has 0 aliphatic carbocycles. The summed E-state index contributed by atoms with van der Waals surface area (Å²) in [5, 5.41) is 0.669. The van der Waals surface area contributed by atoms with Gasteiger partial charge in [-0.15, -0.1) is 0 Å². The van der Waals surface area contributed by atoms with E-state index in [0.717, 1.165) is 39.7 Å². The molecule has 0 bridgehead atoms. The van der Waals surface area contributed by atoms with Gasteiger partial charge in [-0.05, 0) is 36.4 Å². The van der Waals surface area contributed by atoms with Gasteiger partial charge in [-0.1, -0.05) is 54.1 Å². The number of ether oxygens (including phenoxy) is 1. The number of imidazole rings is 1. The molecule has 0 saturated heterocycles. The van der Waals surface area contributed by atoms with E-state index in [4.69, 9.17) is 21.3 Å². The van der Waals surface area contributed by atoms with Crippen molar-refractivity contribution >= 4 is 11.6 Å². The highest BCUT2D eigenvalue weighted by atomic mass is 35.5. The van der Waals surface area contributed by atoms with Crippen LogP contribution in [0.15, 0.2) is 78.9 Å². The molecule has 3 aromatic carbocycles. The number of nitrogens with zero attached hydrogens (tertiary/aromatic N) is 1. The first-order valence-electron chi connectivity index (χ1n) is 8.31. The van der Waals surface area contributed by atoms with Gasteiger partial charge in [-0.2, -0.15) is 0 Å². The van der Waals surface area contributed by atoms with Crippen LogP contribution in [-0.4, -0.2) is 17.1 Å². The van der Waals surface area contributed by atoms with Crippen molar-refractivity contribution in [1.82, 2.24) is 9.97 Å². The number of hydrogen-bond acceptors (Lipinski definition) is 2. The smallest absolute Gasteiger partial charge is 0.140 e. The van der Waals surface area contributed by atoms with Gasteiger partial charge >= 0.3 is 0 Å². The zero-order valence-corrected chi connectivity index (χ0v) is 15.0. The number of H-pyrrole nitrogens is 1. The lowest BCUT2D eigenvalue weighted by molar-refractivity contribution is 0.415. The van der Waals surface area contributed by atoms with E-state index in [9.17, 15) is 0 Å². The maximum absolute atomic E-state index is 6.38. The Balaban J connectivity index is 1.89. The van der Waals surface area contributed by atoms with Crippen molar-refractivity contribution in [1.29, 1.82) is 0 Å². The summed E-state index contributed by atoms with van der Waals surface area (Å²) in [6, 6.07) is 25.8. The molecule has 4 rings (SSSR count). The molecule has 128 valence electrons. The summed E-state index contributed by atoms with van der Waals surface area (Å²) in [5.74, 6) is 1.57. The van der Waals surface area contributed by atoms with E-state index >= 15 is 0 Å². The van der Waals surface area contributed by atoms with Crippen molar-refractivity contribution < 1.29 is 4.74 Å². The van der Waals surface area contributed by atoms with E-state index in [1.54, 1.807) is 7.11 Å². The quantitative estimate of drug-likeness (QED) is 0.479. The summed E-state index contributed by atoms with van der Waals surface area (Å²) < 4.78 is 5.27. The molecule has 1 heterocycles. The average Bonchev–Trinajstić information content (AvgIpc) is 3.14. The summed E-state index contributed by atoms with van der Waals surface area (Å²) >= 11 is 6.38. The van der Waals surface area contributed by atoms with Crippen LogP contribution in [0.25, 0.3) is 33.9 Å². The molecule has 4 aromatic rings. The maximum atomic E-state index is 6.38. The number of hydrogen-bond donors (Lipinski definition) is 1. The topological polar surface area (TPSA) is 37.9 Å². The van der Waals surface area contributed by atoms with E-state index < -0.39 is 0 Å². The number of aromatic amines is 1. The summed E-state index contributed by atoms with van der Waals surface area (Å²) in [6.07, 6.45) is 0. The fourth-order valence-electron chi connectivity index (χ4n) is 2.93. The van der Waals surface area contributed by atoms with Crippen LogP contribution in [0.1, 0.15) is 0 Å². The van der Waals surface area contributed by atoms with Crippen LogP contribution in [0.3, 0.4) is 0 Å². The van der Waals surface area contributed by atoms with Crippen LogP contribution in [-0.2, 0) is 0 Å². The normalized spacial score (nSPS) is 10.7. The molecule has 1 N–H and O–H groups in total. The highest BCUT2D eigenvalue weighted by Gasteiger charge is 2.16. The molecule has 0 spiro atoms. The largest absolute Gasteiger partial charge is 0.497 e. The van der Waals surface area contributed by atoms with Crippen molar-refractivity contribution in [2.24, 2.45) is 0 Å². The minimum absolute atomic E-state index is 0.669. The number of benzene rings is 3. The molecule has 0 radical (unpaired) electrons. The van der Waals surface area contributed by atoms with Crippen molar-refractivity contribution in [2.45, 2.75) is 0 Å². The number of methoxy groups -OCH3 is 1. The van der Waals surface area contributed by atoms with Gasteiger partial charge in [0.1, 0.15) is 11.6 Å². The van der Waals surface area contributed by atoms with Crippen molar-refractivity contribution in [3.8, 4) is 39.7 Å². The predicted molar refractivity (Wildman–Crippen MR) is 106 cm³/mol. The first-order valence-corrected chi connectivity index (χ1v) is 8.69. The third-order valence-corrected chi connectivity index (χ3v) is 4.59. The molecule has 0 saturated carbocycles. The number of rotatable bonds is 4. The van der Waals surface area contributed by atoms with Gasteiger partial charge < -0.3 is 9.72 Å². The Morgan fingerprint density at radius 1 is 0.808 bits per heavy atom. The summed E-state index contributed by atoms with van der Waals surface area (Å²) in [7, 11) is 1.66. The zero-order valence-electron chi connectivity index (χ0n) is 14.2. The number of nitrogens with one attached hydrogen (secondary N) is 1. The van der Waals surface area contributed by atoms with Gasteiger partial charge in [0.05, 0.1) is 23.5 Å². The third-order valence-electron chi connectivity index (χ3n) is 4.26. The molecule has 0 amide bonds. The molecule has 3 nitrogen and oxygen atoms in total. The second kappa shape index (κ2) is 7.06. The standard InChI is InChI=1S/C22H17ClN2O/c1-26-17-13-11-16(12-14-17)21-20(15-7-3-2-4-8-15)24-22(25-21)18-9-5-6-10-19(18)23/h2-14H,1H3,(H,24,25). The molecule has 0 atom stereocenters. The Morgan fingerprint density at radius 2 is 1.50 bits per heavy atom. The number of aromatic nitrogens is 2. The first-order chi connectivity index (χ1) is 12.8. The lowest BCUT2D eigenvalue weighted by atomic mass is 10.1. The zero-order chi connectivity index (χ0) is 17.9. The molecular formula is C22H17ClN2O.